The van der Waals surface area contributed by atoms with E-state index in [4.69, 9.17) is 4.74 Å². The molecule has 1 aliphatic rings. The third-order valence-electron chi connectivity index (χ3n) is 5.21. The molecule has 6 heteroatoms. The van der Waals surface area contributed by atoms with Crippen LogP contribution in [0, 0.1) is 0 Å². The van der Waals surface area contributed by atoms with Crippen LogP contribution in [0.2, 0.25) is 0 Å². The second-order valence-corrected chi connectivity index (χ2v) is 6.90. The topological polar surface area (TPSA) is 93.1 Å². The maximum absolute atomic E-state index is 13.4. The summed E-state index contributed by atoms with van der Waals surface area (Å²) in [6.45, 7) is 1.99. The molecule has 0 bridgehead atoms. The van der Waals surface area contributed by atoms with Crippen molar-refractivity contribution >= 4 is 17.3 Å². The lowest BCUT2D eigenvalue weighted by Crippen LogP contribution is -2.45. The van der Waals surface area contributed by atoms with Crippen LogP contribution in [0.3, 0.4) is 0 Å². The largest absolute Gasteiger partial charge is 0.496 e. The van der Waals surface area contributed by atoms with Crippen LogP contribution < -0.4 is 4.74 Å². The second-order valence-electron chi connectivity index (χ2n) is 6.90. The molecule has 152 valence electrons. The van der Waals surface area contributed by atoms with E-state index < -0.39 is 23.5 Å². The highest BCUT2D eigenvalue weighted by Gasteiger charge is 2.52. The van der Waals surface area contributed by atoms with Crippen LogP contribution in [0.4, 0.5) is 0 Å². The van der Waals surface area contributed by atoms with Gasteiger partial charge in [-0.25, -0.2) is 4.79 Å². The van der Waals surface area contributed by atoms with Gasteiger partial charge in [0.15, 0.2) is 5.60 Å². The summed E-state index contributed by atoms with van der Waals surface area (Å²) in [5.41, 5.74) is -0.500. The summed E-state index contributed by atoms with van der Waals surface area (Å²) in [4.78, 5) is 25.1. The van der Waals surface area contributed by atoms with Gasteiger partial charge in [-0.15, -0.1) is 0 Å². The third kappa shape index (κ3) is 3.34. The van der Waals surface area contributed by atoms with Crippen molar-refractivity contribution in [3.05, 3.63) is 70.8 Å². The van der Waals surface area contributed by atoms with Crippen LogP contribution >= 0.6 is 0 Å². The number of carbonyl (C=O) groups is 2. The Labute approximate surface area is 169 Å². The minimum atomic E-state index is -2.19. The number of carbonyl (C=O) groups excluding carboxylic acids is 2. The summed E-state index contributed by atoms with van der Waals surface area (Å²) in [6.07, 6.45) is 1.72. The number of allylic oxidation sites excluding steroid dienone is 1. The standard InChI is InChI=1S/C23H24O6/c1-4-5-7-16-19-17(8-6-9-18(19)28-2)21(25)23(27,20(16)24)15-12-10-14(11-13-15)22(26)29-3/h6-13,21,25,27H,4-5H2,1-3H3/b16-7-/t21-,23+/m1/s1. The highest BCUT2D eigenvalue weighted by molar-refractivity contribution is 6.27. The summed E-state index contributed by atoms with van der Waals surface area (Å²) in [7, 11) is 2.77. The van der Waals surface area contributed by atoms with Gasteiger partial charge in [-0.3, -0.25) is 4.79 Å². The van der Waals surface area contributed by atoms with Gasteiger partial charge in [-0.1, -0.05) is 43.7 Å². The number of hydrogen-bond donors (Lipinski definition) is 2. The van der Waals surface area contributed by atoms with Crippen molar-refractivity contribution in [1.29, 1.82) is 0 Å². The summed E-state index contributed by atoms with van der Waals surface area (Å²) >= 11 is 0. The molecule has 0 amide bonds. The van der Waals surface area contributed by atoms with Crippen molar-refractivity contribution in [2.75, 3.05) is 14.2 Å². The van der Waals surface area contributed by atoms with Crippen LogP contribution in [0.15, 0.2) is 48.5 Å². The van der Waals surface area contributed by atoms with Crippen LogP contribution in [-0.4, -0.2) is 36.2 Å². The van der Waals surface area contributed by atoms with E-state index in [0.29, 0.717) is 28.9 Å². The second kappa shape index (κ2) is 8.19. The Morgan fingerprint density at radius 2 is 1.86 bits per heavy atom. The van der Waals surface area contributed by atoms with Crippen molar-refractivity contribution in [3.63, 3.8) is 0 Å². The smallest absolute Gasteiger partial charge is 0.337 e. The number of benzene rings is 2. The SMILES string of the molecule is CCC/C=C1\C(=O)[C@@](O)(c2ccc(C(=O)OC)cc2)[C@H](O)c2cccc(OC)c21. The fourth-order valence-electron chi connectivity index (χ4n) is 3.65. The summed E-state index contributed by atoms with van der Waals surface area (Å²) in [5, 5.41) is 22.5. The zero-order valence-corrected chi connectivity index (χ0v) is 16.6. The van der Waals surface area contributed by atoms with Gasteiger partial charge in [0.1, 0.15) is 11.9 Å². The van der Waals surface area contributed by atoms with Gasteiger partial charge in [-0.05, 0) is 35.7 Å². The predicted octanol–water partition coefficient (Wildman–Crippen LogP) is 3.17. The maximum Gasteiger partial charge on any atom is 0.337 e. The first kappa shape index (κ1) is 20.8. The average Bonchev–Trinajstić information content (AvgIpc) is 2.76. The average molecular weight is 396 g/mol. The Morgan fingerprint density at radius 3 is 2.45 bits per heavy atom. The first-order chi connectivity index (χ1) is 13.9. The normalized spacial score (nSPS) is 22.3. The highest BCUT2D eigenvalue weighted by atomic mass is 16.5. The van der Waals surface area contributed by atoms with Gasteiger partial charge >= 0.3 is 5.97 Å². The quantitative estimate of drug-likeness (QED) is 0.596. The lowest BCUT2D eigenvalue weighted by atomic mass is 9.70. The molecule has 2 aromatic rings. The van der Waals surface area contributed by atoms with Gasteiger partial charge < -0.3 is 19.7 Å². The van der Waals surface area contributed by atoms with Crippen LogP contribution in [0.5, 0.6) is 5.75 Å². The first-order valence-electron chi connectivity index (χ1n) is 9.41. The molecular weight excluding hydrogens is 372 g/mol. The zero-order chi connectivity index (χ0) is 21.2. The van der Waals surface area contributed by atoms with Crippen LogP contribution in [-0.2, 0) is 15.1 Å². The van der Waals surface area contributed by atoms with E-state index in [1.807, 2.05) is 6.92 Å². The fraction of sp³-hybridized carbons (Fsp3) is 0.304. The Kier molecular flexibility index (Phi) is 5.86. The van der Waals surface area contributed by atoms with Gasteiger partial charge in [0.2, 0.25) is 5.78 Å². The van der Waals surface area contributed by atoms with Gasteiger partial charge in [0.25, 0.3) is 0 Å². The molecule has 0 aliphatic heterocycles. The zero-order valence-electron chi connectivity index (χ0n) is 16.6. The number of aliphatic hydroxyl groups is 2. The number of Topliss-reactive ketones (excluding diaryl/α,β-unsaturated/α-hetero) is 1. The van der Waals surface area contributed by atoms with Gasteiger partial charge in [-0.2, -0.15) is 0 Å². The van der Waals surface area contributed by atoms with Crippen molar-refractivity contribution in [2.24, 2.45) is 0 Å². The van der Waals surface area contributed by atoms with Crippen molar-refractivity contribution in [2.45, 2.75) is 31.5 Å². The molecular formula is C23H24O6. The summed E-state index contributed by atoms with van der Waals surface area (Å²) in [5.74, 6) is -0.681. The molecule has 0 aromatic heterocycles. The van der Waals surface area contributed by atoms with Gasteiger partial charge in [0, 0.05) is 11.1 Å². The van der Waals surface area contributed by atoms with E-state index >= 15 is 0 Å². The molecule has 0 radical (unpaired) electrons. The number of unbranched alkanes of at least 4 members (excludes halogenated alkanes) is 1. The molecule has 0 heterocycles. The number of methoxy groups -OCH3 is 2. The number of esters is 1. The van der Waals surface area contributed by atoms with Crippen molar-refractivity contribution in [1.82, 2.24) is 0 Å². The molecule has 29 heavy (non-hydrogen) atoms. The fourth-order valence-corrected chi connectivity index (χ4v) is 3.65. The number of fused-ring (bicyclic) bond motifs is 1. The molecule has 6 nitrogen and oxygen atoms in total. The lowest BCUT2D eigenvalue weighted by Gasteiger charge is -2.38. The van der Waals surface area contributed by atoms with E-state index in [1.54, 1.807) is 24.3 Å². The van der Waals surface area contributed by atoms with E-state index in [2.05, 4.69) is 4.74 Å². The van der Waals surface area contributed by atoms with Crippen LogP contribution in [0.25, 0.3) is 5.57 Å². The van der Waals surface area contributed by atoms with E-state index in [9.17, 15) is 19.8 Å². The molecule has 1 aliphatic carbocycles. The van der Waals surface area contributed by atoms with Gasteiger partial charge in [0.05, 0.1) is 19.8 Å². The Balaban J connectivity index is 2.19. The number of aliphatic hydroxyl groups excluding tert-OH is 1. The third-order valence-corrected chi connectivity index (χ3v) is 5.21. The molecule has 2 N–H and O–H groups in total. The van der Waals surface area contributed by atoms with E-state index in [1.165, 1.54) is 38.5 Å². The first-order valence-corrected chi connectivity index (χ1v) is 9.41. The lowest BCUT2D eigenvalue weighted by molar-refractivity contribution is -0.148. The number of ether oxygens (including phenoxy) is 2. The molecule has 3 rings (SSSR count). The predicted molar refractivity (Wildman–Crippen MR) is 108 cm³/mol. The van der Waals surface area contributed by atoms with E-state index in [0.717, 1.165) is 6.42 Å². The maximum atomic E-state index is 13.4. The minimum absolute atomic E-state index is 0.193. The van der Waals surface area contributed by atoms with E-state index in [-0.39, 0.29) is 11.1 Å². The molecule has 0 fully saturated rings. The van der Waals surface area contributed by atoms with Crippen molar-refractivity contribution in [3.8, 4) is 5.75 Å². The summed E-state index contributed by atoms with van der Waals surface area (Å²) in [6, 6.07) is 10.9. The minimum Gasteiger partial charge on any atom is -0.496 e. The number of ketones is 1. The molecule has 2 aromatic carbocycles. The molecule has 0 unspecified atom stereocenters. The Hall–Kier alpha value is -2.96. The Bertz CT molecular complexity index is 960. The monoisotopic (exact) mass is 396 g/mol. The number of rotatable bonds is 5. The molecule has 0 saturated carbocycles. The van der Waals surface area contributed by atoms with Crippen LogP contribution in [0.1, 0.15) is 52.9 Å². The number of hydrogen-bond acceptors (Lipinski definition) is 6. The highest BCUT2D eigenvalue weighted by Crippen LogP contribution is 2.49. The van der Waals surface area contributed by atoms with Crippen molar-refractivity contribution < 1.29 is 29.3 Å². The molecule has 0 spiro atoms. The molecule has 2 atom stereocenters. The summed E-state index contributed by atoms with van der Waals surface area (Å²) < 4.78 is 10.1. The Morgan fingerprint density at radius 1 is 1.17 bits per heavy atom. The molecule has 0 saturated heterocycles.